The average Bonchev–Trinajstić information content (AvgIpc) is 2.29. The molecule has 0 aliphatic rings. The summed E-state index contributed by atoms with van der Waals surface area (Å²) in [6.45, 7) is 1.40. The molecule has 0 fully saturated rings. The quantitative estimate of drug-likeness (QED) is 0.789. The summed E-state index contributed by atoms with van der Waals surface area (Å²) in [6, 6.07) is 7.47. The molecule has 0 unspecified atom stereocenters. The van der Waals surface area contributed by atoms with Crippen LogP contribution in [0.15, 0.2) is 24.3 Å². The molecule has 1 rings (SSSR count). The minimum absolute atomic E-state index is 0.0755. The van der Waals surface area contributed by atoms with E-state index in [0.717, 1.165) is 5.56 Å². The lowest BCUT2D eigenvalue weighted by Gasteiger charge is -2.19. The van der Waals surface area contributed by atoms with Crippen molar-refractivity contribution in [1.82, 2.24) is 4.90 Å². The Bertz CT molecular complexity index is 426. The summed E-state index contributed by atoms with van der Waals surface area (Å²) in [5.74, 6) is 1.69. The third kappa shape index (κ3) is 4.90. The number of rotatable bonds is 6. The van der Waals surface area contributed by atoms with Crippen LogP contribution in [0.3, 0.4) is 0 Å². The summed E-state index contributed by atoms with van der Waals surface area (Å²) in [7, 11) is 0. The molecule has 0 spiro atoms. The second kappa shape index (κ2) is 6.95. The zero-order valence-corrected chi connectivity index (χ0v) is 10.2. The summed E-state index contributed by atoms with van der Waals surface area (Å²) in [6.07, 6.45) is 5.33. The maximum absolute atomic E-state index is 10.5. The van der Waals surface area contributed by atoms with Gasteiger partial charge in [-0.25, -0.2) is 0 Å². The van der Waals surface area contributed by atoms with E-state index in [1.807, 2.05) is 29.2 Å². The largest absolute Gasteiger partial charge is 0.481 e. The molecule has 0 amide bonds. The smallest absolute Gasteiger partial charge is 0.304 e. The molecule has 0 aliphatic carbocycles. The van der Waals surface area contributed by atoms with Gasteiger partial charge in [0.25, 0.3) is 0 Å². The molecule has 0 heterocycles. The zero-order chi connectivity index (χ0) is 12.7. The molecule has 0 saturated carbocycles. The van der Waals surface area contributed by atoms with Gasteiger partial charge in [0, 0.05) is 18.1 Å². The molecular formula is C13H14ClNO2. The molecule has 1 aromatic rings. The highest BCUT2D eigenvalue weighted by molar-refractivity contribution is 6.31. The molecule has 0 atom stereocenters. The Morgan fingerprint density at radius 2 is 2.18 bits per heavy atom. The van der Waals surface area contributed by atoms with Crippen molar-refractivity contribution in [3.8, 4) is 12.3 Å². The maximum Gasteiger partial charge on any atom is 0.304 e. The molecule has 1 aromatic carbocycles. The molecule has 4 heteroatoms. The summed E-state index contributed by atoms with van der Waals surface area (Å²) in [4.78, 5) is 12.4. The van der Waals surface area contributed by atoms with Crippen molar-refractivity contribution in [2.75, 3.05) is 13.1 Å². The van der Waals surface area contributed by atoms with Crippen LogP contribution < -0.4 is 0 Å². The van der Waals surface area contributed by atoms with Crippen LogP contribution in [0.5, 0.6) is 0 Å². The van der Waals surface area contributed by atoms with Crippen LogP contribution in [0.1, 0.15) is 12.0 Å². The van der Waals surface area contributed by atoms with Crippen molar-refractivity contribution in [3.05, 3.63) is 34.9 Å². The number of hydrogen-bond donors (Lipinski definition) is 1. The van der Waals surface area contributed by atoms with Gasteiger partial charge in [-0.15, -0.1) is 6.42 Å². The molecule has 17 heavy (non-hydrogen) atoms. The third-order valence-electron chi connectivity index (χ3n) is 2.31. The summed E-state index contributed by atoms with van der Waals surface area (Å²) < 4.78 is 0. The number of benzene rings is 1. The van der Waals surface area contributed by atoms with Gasteiger partial charge in [-0.1, -0.05) is 35.7 Å². The molecule has 90 valence electrons. The molecule has 0 saturated heterocycles. The monoisotopic (exact) mass is 251 g/mol. The number of nitrogens with zero attached hydrogens (tertiary/aromatic N) is 1. The van der Waals surface area contributed by atoms with Crippen LogP contribution in [0.2, 0.25) is 5.02 Å². The van der Waals surface area contributed by atoms with Crippen molar-refractivity contribution < 1.29 is 9.90 Å². The molecule has 3 nitrogen and oxygen atoms in total. The van der Waals surface area contributed by atoms with Gasteiger partial charge in [-0.3, -0.25) is 9.69 Å². The van der Waals surface area contributed by atoms with E-state index in [-0.39, 0.29) is 6.42 Å². The Labute approximate surface area is 106 Å². The lowest BCUT2D eigenvalue weighted by molar-refractivity contribution is -0.137. The van der Waals surface area contributed by atoms with Crippen LogP contribution in [-0.4, -0.2) is 29.1 Å². The molecule has 0 bridgehead atoms. The molecule has 0 aliphatic heterocycles. The molecule has 1 N–H and O–H groups in total. The van der Waals surface area contributed by atoms with Crippen LogP contribution >= 0.6 is 11.6 Å². The zero-order valence-electron chi connectivity index (χ0n) is 9.40. The first kappa shape index (κ1) is 13.6. The van der Waals surface area contributed by atoms with E-state index < -0.39 is 5.97 Å². The standard InChI is InChI=1S/C13H14ClNO2/c1-2-8-15(9-7-13(16)17)10-11-5-3-4-6-12(11)14/h1,3-6H,7-10H2,(H,16,17). The summed E-state index contributed by atoms with van der Waals surface area (Å²) >= 11 is 6.04. The Hall–Kier alpha value is -1.50. The van der Waals surface area contributed by atoms with Gasteiger partial charge in [-0.2, -0.15) is 0 Å². The van der Waals surface area contributed by atoms with Crippen molar-refractivity contribution >= 4 is 17.6 Å². The van der Waals surface area contributed by atoms with Crippen molar-refractivity contribution in [2.45, 2.75) is 13.0 Å². The Kier molecular flexibility index (Phi) is 5.55. The predicted molar refractivity (Wildman–Crippen MR) is 67.8 cm³/mol. The van der Waals surface area contributed by atoms with Crippen LogP contribution in [0.4, 0.5) is 0 Å². The second-order valence-electron chi connectivity index (χ2n) is 3.65. The highest BCUT2D eigenvalue weighted by Gasteiger charge is 2.09. The fourth-order valence-electron chi connectivity index (χ4n) is 1.46. The topological polar surface area (TPSA) is 40.5 Å². The Morgan fingerprint density at radius 3 is 2.76 bits per heavy atom. The van der Waals surface area contributed by atoms with Gasteiger partial charge in [0.2, 0.25) is 0 Å². The summed E-state index contributed by atoms with van der Waals surface area (Å²) in [5.41, 5.74) is 0.954. The van der Waals surface area contributed by atoms with E-state index in [1.54, 1.807) is 0 Å². The van der Waals surface area contributed by atoms with E-state index in [1.165, 1.54) is 0 Å². The number of hydrogen-bond acceptors (Lipinski definition) is 2. The van der Waals surface area contributed by atoms with Crippen LogP contribution in [-0.2, 0) is 11.3 Å². The predicted octanol–water partition coefficient (Wildman–Crippen LogP) is 2.25. The number of halogens is 1. The Morgan fingerprint density at radius 1 is 1.47 bits per heavy atom. The number of aliphatic carboxylic acids is 1. The lowest BCUT2D eigenvalue weighted by atomic mass is 10.2. The Balaban J connectivity index is 2.63. The first-order valence-corrected chi connectivity index (χ1v) is 5.62. The van der Waals surface area contributed by atoms with E-state index in [9.17, 15) is 4.79 Å². The number of carboxylic acid groups (broad SMARTS) is 1. The highest BCUT2D eigenvalue weighted by atomic mass is 35.5. The minimum atomic E-state index is -0.828. The summed E-state index contributed by atoms with van der Waals surface area (Å²) in [5, 5.41) is 9.32. The van der Waals surface area contributed by atoms with Gasteiger partial charge in [0.05, 0.1) is 13.0 Å². The van der Waals surface area contributed by atoms with Gasteiger partial charge in [0.15, 0.2) is 0 Å². The van der Waals surface area contributed by atoms with E-state index >= 15 is 0 Å². The third-order valence-corrected chi connectivity index (χ3v) is 2.68. The molecule has 0 aromatic heterocycles. The van der Waals surface area contributed by atoms with Gasteiger partial charge in [0.1, 0.15) is 0 Å². The molecule has 0 radical (unpaired) electrons. The second-order valence-corrected chi connectivity index (χ2v) is 4.06. The van der Waals surface area contributed by atoms with Crippen LogP contribution in [0, 0.1) is 12.3 Å². The number of terminal acetylenes is 1. The number of carboxylic acids is 1. The van der Waals surface area contributed by atoms with E-state index in [0.29, 0.717) is 24.7 Å². The fourth-order valence-corrected chi connectivity index (χ4v) is 1.66. The lowest BCUT2D eigenvalue weighted by Crippen LogP contribution is -2.26. The fraction of sp³-hybridized carbons (Fsp3) is 0.308. The van der Waals surface area contributed by atoms with Gasteiger partial charge in [-0.05, 0) is 11.6 Å². The van der Waals surface area contributed by atoms with Crippen molar-refractivity contribution in [2.24, 2.45) is 0 Å². The van der Waals surface area contributed by atoms with E-state index in [2.05, 4.69) is 5.92 Å². The number of carbonyl (C=O) groups is 1. The average molecular weight is 252 g/mol. The van der Waals surface area contributed by atoms with Crippen molar-refractivity contribution in [1.29, 1.82) is 0 Å². The van der Waals surface area contributed by atoms with E-state index in [4.69, 9.17) is 23.1 Å². The first-order chi connectivity index (χ1) is 8.13. The molecular weight excluding hydrogens is 238 g/mol. The first-order valence-electron chi connectivity index (χ1n) is 5.24. The SMILES string of the molecule is C#CCN(CCC(=O)O)Cc1ccccc1Cl. The highest BCUT2D eigenvalue weighted by Crippen LogP contribution is 2.16. The normalized spacial score (nSPS) is 10.2. The minimum Gasteiger partial charge on any atom is -0.481 e. The van der Waals surface area contributed by atoms with Crippen molar-refractivity contribution in [3.63, 3.8) is 0 Å². The van der Waals surface area contributed by atoms with Gasteiger partial charge < -0.3 is 5.11 Å². The maximum atomic E-state index is 10.5. The van der Waals surface area contributed by atoms with Gasteiger partial charge >= 0.3 is 5.97 Å². The van der Waals surface area contributed by atoms with Crippen LogP contribution in [0.25, 0.3) is 0 Å².